The first-order chi connectivity index (χ1) is 10.5. The molecule has 1 aliphatic heterocycles. The van der Waals surface area contributed by atoms with Gasteiger partial charge in [0.05, 0.1) is 6.20 Å². The van der Waals surface area contributed by atoms with E-state index in [9.17, 15) is 9.59 Å². The summed E-state index contributed by atoms with van der Waals surface area (Å²) < 4.78 is 1.68. The zero-order valence-electron chi connectivity index (χ0n) is 13.5. The van der Waals surface area contributed by atoms with Crippen molar-refractivity contribution in [2.75, 3.05) is 6.54 Å². The maximum atomic E-state index is 12.4. The number of hydrogen-bond donors (Lipinski definition) is 2. The van der Waals surface area contributed by atoms with Gasteiger partial charge in [-0.15, -0.1) is 0 Å². The molecule has 22 heavy (non-hydrogen) atoms. The second-order valence-corrected chi connectivity index (χ2v) is 5.95. The molecule has 1 aromatic heterocycles. The van der Waals surface area contributed by atoms with Crippen LogP contribution in [0.2, 0.25) is 0 Å². The number of likely N-dealkylation sites (tertiary alicyclic amines) is 1. The molecule has 122 valence electrons. The maximum Gasteiger partial charge on any atom is 0.315 e. The van der Waals surface area contributed by atoms with Gasteiger partial charge in [0.2, 0.25) is 5.91 Å². The molecule has 0 aromatic carbocycles. The van der Waals surface area contributed by atoms with Crippen LogP contribution in [0.15, 0.2) is 12.4 Å². The number of hydrogen-bond acceptors (Lipinski definition) is 3. The second-order valence-electron chi connectivity index (χ2n) is 5.95. The maximum absolute atomic E-state index is 12.4. The monoisotopic (exact) mass is 307 g/mol. The van der Waals surface area contributed by atoms with Gasteiger partial charge in [-0.05, 0) is 33.1 Å². The summed E-state index contributed by atoms with van der Waals surface area (Å²) in [5.41, 5.74) is 0.918. The Morgan fingerprint density at radius 2 is 2.23 bits per heavy atom. The van der Waals surface area contributed by atoms with E-state index in [4.69, 9.17) is 0 Å². The minimum atomic E-state index is -0.519. The molecule has 1 aromatic rings. The standard InChI is InChI=1S/C15H25N5O2/c1-11-6-4-5-7-20(11)14(21)12(2)18-15(22)16-8-13-9-17-19(3)10-13/h9-12H,4-8H2,1-3H3,(H2,16,18,22)/t11-,12+/m0/s1. The van der Waals surface area contributed by atoms with Crippen molar-refractivity contribution < 1.29 is 9.59 Å². The molecule has 1 aliphatic rings. The number of carbonyl (C=O) groups excluding carboxylic acids is 2. The molecular formula is C15H25N5O2. The average Bonchev–Trinajstić information content (AvgIpc) is 2.90. The summed E-state index contributed by atoms with van der Waals surface area (Å²) in [6, 6.07) is -0.604. The van der Waals surface area contributed by atoms with Gasteiger partial charge in [-0.3, -0.25) is 9.48 Å². The molecule has 7 nitrogen and oxygen atoms in total. The molecule has 0 aliphatic carbocycles. The Bertz CT molecular complexity index is 528. The predicted octanol–water partition coefficient (Wildman–Crippen LogP) is 1.01. The summed E-state index contributed by atoms with van der Waals surface area (Å²) in [7, 11) is 1.82. The Morgan fingerprint density at radius 1 is 1.45 bits per heavy atom. The Balaban J connectivity index is 1.78. The van der Waals surface area contributed by atoms with E-state index in [0.29, 0.717) is 6.54 Å². The zero-order valence-corrected chi connectivity index (χ0v) is 13.5. The van der Waals surface area contributed by atoms with Gasteiger partial charge >= 0.3 is 6.03 Å². The smallest absolute Gasteiger partial charge is 0.315 e. The average molecular weight is 307 g/mol. The third-order valence-electron chi connectivity index (χ3n) is 4.02. The number of rotatable bonds is 4. The topological polar surface area (TPSA) is 79.3 Å². The van der Waals surface area contributed by atoms with Crippen molar-refractivity contribution in [1.29, 1.82) is 0 Å². The molecule has 0 bridgehead atoms. The first-order valence-electron chi connectivity index (χ1n) is 7.79. The highest BCUT2D eigenvalue weighted by Crippen LogP contribution is 2.17. The number of nitrogens with one attached hydrogen (secondary N) is 2. The molecule has 0 spiro atoms. The van der Waals surface area contributed by atoms with Gasteiger partial charge in [-0.1, -0.05) is 0 Å². The molecule has 7 heteroatoms. The number of amides is 3. The first-order valence-corrected chi connectivity index (χ1v) is 7.79. The molecule has 1 saturated heterocycles. The van der Waals surface area contributed by atoms with Gasteiger partial charge in [0, 0.05) is 37.9 Å². The van der Waals surface area contributed by atoms with Crippen molar-refractivity contribution in [2.24, 2.45) is 7.05 Å². The minimum Gasteiger partial charge on any atom is -0.338 e. The van der Waals surface area contributed by atoms with E-state index < -0.39 is 6.04 Å². The van der Waals surface area contributed by atoms with E-state index in [0.717, 1.165) is 24.9 Å². The molecule has 2 N–H and O–H groups in total. The number of urea groups is 1. The minimum absolute atomic E-state index is 0.0104. The molecule has 1 fully saturated rings. The Morgan fingerprint density at radius 3 is 2.86 bits per heavy atom. The number of piperidine rings is 1. The van der Waals surface area contributed by atoms with Gasteiger partial charge in [-0.2, -0.15) is 5.10 Å². The normalized spacial score (nSPS) is 19.6. The molecule has 3 amide bonds. The van der Waals surface area contributed by atoms with Gasteiger partial charge in [0.25, 0.3) is 0 Å². The van der Waals surface area contributed by atoms with E-state index in [1.807, 2.05) is 18.1 Å². The summed E-state index contributed by atoms with van der Waals surface area (Å²) in [4.78, 5) is 26.1. The lowest BCUT2D eigenvalue weighted by molar-refractivity contribution is -0.136. The zero-order chi connectivity index (χ0) is 16.1. The van der Waals surface area contributed by atoms with Crippen molar-refractivity contribution in [3.63, 3.8) is 0 Å². The fourth-order valence-corrected chi connectivity index (χ4v) is 2.73. The van der Waals surface area contributed by atoms with Crippen LogP contribution in [0.5, 0.6) is 0 Å². The molecule has 2 rings (SSSR count). The Hall–Kier alpha value is -2.05. The van der Waals surface area contributed by atoms with Crippen LogP contribution < -0.4 is 10.6 Å². The van der Waals surface area contributed by atoms with E-state index in [1.54, 1.807) is 17.8 Å². The summed E-state index contributed by atoms with van der Waals surface area (Å²) in [6.45, 7) is 4.96. The first kappa shape index (κ1) is 16.3. The lowest BCUT2D eigenvalue weighted by atomic mass is 10.0. The van der Waals surface area contributed by atoms with Gasteiger partial charge in [0.1, 0.15) is 6.04 Å². The Labute approximate surface area is 131 Å². The van der Waals surface area contributed by atoms with Gasteiger partial charge in [-0.25, -0.2) is 4.79 Å². The fraction of sp³-hybridized carbons (Fsp3) is 0.667. The third-order valence-corrected chi connectivity index (χ3v) is 4.02. The van der Waals surface area contributed by atoms with Crippen LogP contribution in [0.25, 0.3) is 0 Å². The van der Waals surface area contributed by atoms with E-state index in [-0.39, 0.29) is 18.0 Å². The van der Waals surface area contributed by atoms with E-state index in [2.05, 4.69) is 22.7 Å². The molecule has 2 heterocycles. The van der Waals surface area contributed by atoms with Crippen molar-refractivity contribution >= 4 is 11.9 Å². The van der Waals surface area contributed by atoms with Gasteiger partial charge in [0.15, 0.2) is 0 Å². The van der Waals surface area contributed by atoms with Crippen molar-refractivity contribution in [3.8, 4) is 0 Å². The highest BCUT2D eigenvalue weighted by molar-refractivity contribution is 5.86. The van der Waals surface area contributed by atoms with Crippen molar-refractivity contribution in [3.05, 3.63) is 18.0 Å². The predicted molar refractivity (Wildman–Crippen MR) is 83.1 cm³/mol. The number of aryl methyl sites for hydroxylation is 1. The highest BCUT2D eigenvalue weighted by atomic mass is 16.2. The quantitative estimate of drug-likeness (QED) is 0.871. The summed E-state index contributed by atoms with van der Waals surface area (Å²) in [5.74, 6) is -0.0104. The molecule has 0 saturated carbocycles. The van der Waals surface area contributed by atoms with Gasteiger partial charge < -0.3 is 15.5 Å². The third kappa shape index (κ3) is 4.22. The molecular weight excluding hydrogens is 282 g/mol. The summed E-state index contributed by atoms with van der Waals surface area (Å²) in [6.07, 6.45) is 6.77. The fourth-order valence-electron chi connectivity index (χ4n) is 2.73. The second kappa shape index (κ2) is 7.29. The molecule has 0 radical (unpaired) electrons. The Kier molecular flexibility index (Phi) is 5.41. The van der Waals surface area contributed by atoms with Crippen LogP contribution in [0.4, 0.5) is 4.79 Å². The summed E-state index contributed by atoms with van der Waals surface area (Å²) in [5, 5.41) is 9.48. The van der Waals surface area contributed by atoms with E-state index >= 15 is 0 Å². The molecule has 0 unspecified atom stereocenters. The lowest BCUT2D eigenvalue weighted by Crippen LogP contribution is -2.53. The largest absolute Gasteiger partial charge is 0.338 e. The van der Waals surface area contributed by atoms with Crippen molar-refractivity contribution in [1.82, 2.24) is 25.3 Å². The van der Waals surface area contributed by atoms with Crippen LogP contribution in [0.3, 0.4) is 0 Å². The van der Waals surface area contributed by atoms with Crippen molar-refractivity contribution in [2.45, 2.75) is 51.7 Å². The van der Waals surface area contributed by atoms with Crippen LogP contribution >= 0.6 is 0 Å². The number of carbonyl (C=O) groups is 2. The summed E-state index contributed by atoms with van der Waals surface area (Å²) >= 11 is 0. The lowest BCUT2D eigenvalue weighted by Gasteiger charge is -2.35. The molecule has 2 atom stereocenters. The van der Waals surface area contributed by atoms with Crippen LogP contribution in [-0.4, -0.2) is 45.2 Å². The van der Waals surface area contributed by atoms with Crippen LogP contribution in [-0.2, 0) is 18.4 Å². The SMILES string of the molecule is C[C@@H](NC(=O)NCc1cnn(C)c1)C(=O)N1CCCC[C@@H]1C. The number of aromatic nitrogens is 2. The number of nitrogens with zero attached hydrogens (tertiary/aromatic N) is 3. The van der Waals surface area contributed by atoms with Crippen LogP contribution in [0, 0.1) is 0 Å². The van der Waals surface area contributed by atoms with E-state index in [1.165, 1.54) is 6.42 Å². The highest BCUT2D eigenvalue weighted by Gasteiger charge is 2.27. The van der Waals surface area contributed by atoms with Crippen LogP contribution in [0.1, 0.15) is 38.7 Å².